The Morgan fingerprint density at radius 3 is 1.81 bits per heavy atom. The zero-order chi connectivity index (χ0) is 70.5. The van der Waals surface area contributed by atoms with Gasteiger partial charge in [0.2, 0.25) is 65.0 Å². The van der Waals surface area contributed by atoms with Crippen LogP contribution in [0.3, 0.4) is 0 Å². The number of guanidine groups is 3. The first-order valence-corrected chi connectivity index (χ1v) is 32.7. The molecular formula is C59H96N20O15S. The van der Waals surface area contributed by atoms with E-state index in [9.17, 15) is 72.9 Å². The predicted octanol–water partition coefficient (Wildman–Crippen LogP) is -6.52. The molecule has 0 radical (unpaired) electrons. The van der Waals surface area contributed by atoms with Crippen molar-refractivity contribution in [3.05, 3.63) is 35.9 Å². The first-order chi connectivity index (χ1) is 45.0. The number of rotatable bonds is 40. The molecule has 1 unspecified atom stereocenters. The number of nitrogens with one attached hydrogen (secondary N) is 7. The van der Waals surface area contributed by atoms with Gasteiger partial charge in [0.25, 0.3) is 0 Å². The summed E-state index contributed by atoms with van der Waals surface area (Å²) in [6.07, 6.45) is 0.739. The van der Waals surface area contributed by atoms with E-state index >= 15 is 0 Å². The van der Waals surface area contributed by atoms with Gasteiger partial charge in [0.15, 0.2) is 17.9 Å². The van der Waals surface area contributed by atoms with Crippen LogP contribution in [-0.2, 0) is 64.0 Å². The molecule has 0 saturated carbocycles. The highest BCUT2D eigenvalue weighted by molar-refractivity contribution is 8.00. The van der Waals surface area contributed by atoms with Crippen LogP contribution in [0.5, 0.6) is 0 Å². The lowest BCUT2D eigenvalue weighted by Gasteiger charge is -2.33. The molecule has 3 saturated heterocycles. The van der Waals surface area contributed by atoms with E-state index in [2.05, 4.69) is 52.2 Å². The zero-order valence-electron chi connectivity index (χ0n) is 54.0. The van der Waals surface area contributed by atoms with Crippen LogP contribution in [0.2, 0.25) is 0 Å². The quantitative estimate of drug-likeness (QED) is 0.0126. The molecule has 24 N–H and O–H groups in total. The number of unbranched alkanes of at least 4 members (excludes halogenated alkanes) is 1. The van der Waals surface area contributed by atoms with Crippen molar-refractivity contribution in [2.24, 2.45) is 61.0 Å². The minimum Gasteiger partial charge on any atom is -0.480 e. The van der Waals surface area contributed by atoms with E-state index in [-0.39, 0.29) is 133 Å². The Hall–Kier alpha value is -8.90. The molecule has 4 rings (SSSR count). The normalized spacial score (nSPS) is 19.0. The smallest absolute Gasteiger partial charge is 0.326 e. The fraction of sp³-hybridized carbons (Fsp3) is 0.644. The van der Waals surface area contributed by atoms with Crippen LogP contribution in [0, 0.1) is 5.92 Å². The SMILES string of the molecule is CCCCN1C(=O)CC(SC[C@H](NC(=O)[C@H](CO)NC(=O)[C@H](Cc2ccccc2)NC(=O)CNC(=O)[C@@H]2C[C@@H](O)CN2C(=O)[C@@H]2CCCN2C(=O)[C@H](CCCN=C(N)N)NC(=O)[C@H](N)CCCN=C(N)N)C(=O)N[C@@H](CC(C)C)C(=O)N[C@@H](CCCN=C(N)N)C(=O)O)C1=O. The van der Waals surface area contributed by atoms with Crippen molar-refractivity contribution in [3.63, 3.8) is 0 Å². The maximum Gasteiger partial charge on any atom is 0.326 e. The van der Waals surface area contributed by atoms with Crippen LogP contribution in [0.4, 0.5) is 0 Å². The largest absolute Gasteiger partial charge is 0.480 e. The van der Waals surface area contributed by atoms with Gasteiger partial charge in [-0.15, -0.1) is 11.8 Å². The number of imide groups is 1. The number of likely N-dealkylation sites (tertiary alicyclic amines) is 3. The van der Waals surface area contributed by atoms with E-state index in [1.165, 1.54) is 4.90 Å². The number of hydrogen-bond donors (Lipinski definition) is 17. The third kappa shape index (κ3) is 26.1. The first kappa shape index (κ1) is 78.5. The third-order valence-corrected chi connectivity index (χ3v) is 17.0. The first-order valence-electron chi connectivity index (χ1n) is 31.7. The Kier molecular flexibility index (Phi) is 32.8. The van der Waals surface area contributed by atoms with E-state index in [4.69, 9.17) is 40.1 Å². The maximum atomic E-state index is 14.4. The number of aliphatic hydroxyl groups excluding tert-OH is 2. The summed E-state index contributed by atoms with van der Waals surface area (Å²) < 4.78 is 0. The summed E-state index contributed by atoms with van der Waals surface area (Å²) in [4.78, 5) is 180. The van der Waals surface area contributed by atoms with Gasteiger partial charge in [-0.05, 0) is 75.7 Å². The molecule has 3 heterocycles. The molecule has 0 aromatic heterocycles. The number of carboxylic acid groups (broad SMARTS) is 1. The number of benzene rings is 1. The van der Waals surface area contributed by atoms with E-state index in [1.54, 1.807) is 44.2 Å². The number of carbonyl (C=O) groups is 12. The summed E-state index contributed by atoms with van der Waals surface area (Å²) in [5, 5.41) is 48.1. The van der Waals surface area contributed by atoms with Crippen LogP contribution in [0.15, 0.2) is 45.3 Å². The van der Waals surface area contributed by atoms with Crippen LogP contribution in [0.1, 0.15) is 110 Å². The van der Waals surface area contributed by atoms with Crippen molar-refractivity contribution in [1.29, 1.82) is 0 Å². The average molecular weight is 1360 g/mol. The number of aliphatic carboxylic acids is 1. The van der Waals surface area contributed by atoms with Gasteiger partial charge in [-0.25, -0.2) is 4.79 Å². The van der Waals surface area contributed by atoms with Gasteiger partial charge in [0.05, 0.1) is 30.5 Å². The molecule has 3 aliphatic rings. The highest BCUT2D eigenvalue weighted by atomic mass is 32.2. The van der Waals surface area contributed by atoms with E-state index < -0.39 is 150 Å². The second-order valence-corrected chi connectivity index (χ2v) is 25.0. The number of thioether (sulfide) groups is 1. The Morgan fingerprint density at radius 2 is 1.22 bits per heavy atom. The van der Waals surface area contributed by atoms with Crippen molar-refractivity contribution >= 4 is 101 Å². The molecule has 0 bridgehead atoms. The summed E-state index contributed by atoms with van der Waals surface area (Å²) in [5.41, 5.74) is 39.2. The van der Waals surface area contributed by atoms with Gasteiger partial charge >= 0.3 is 5.97 Å². The number of carbonyl (C=O) groups excluding carboxylic acids is 11. The second-order valence-electron chi connectivity index (χ2n) is 23.8. The fourth-order valence-corrected chi connectivity index (χ4v) is 11.9. The Bertz CT molecular complexity index is 2910. The number of aliphatic imine (C=N–C) groups is 3. The van der Waals surface area contributed by atoms with Crippen molar-refractivity contribution in [2.45, 2.75) is 176 Å². The van der Waals surface area contributed by atoms with E-state index in [1.807, 2.05) is 6.92 Å². The molecule has 3 fully saturated rings. The van der Waals surface area contributed by atoms with Gasteiger partial charge in [0, 0.05) is 64.3 Å². The van der Waals surface area contributed by atoms with Gasteiger partial charge in [0.1, 0.15) is 48.3 Å². The van der Waals surface area contributed by atoms with Crippen molar-refractivity contribution in [3.8, 4) is 0 Å². The van der Waals surface area contributed by atoms with E-state index in [0.29, 0.717) is 31.2 Å². The van der Waals surface area contributed by atoms with Gasteiger partial charge in [-0.3, -0.25) is 72.6 Å². The topological polar surface area (TPSA) is 579 Å². The number of aliphatic hydroxyl groups is 2. The zero-order valence-corrected chi connectivity index (χ0v) is 54.8. The number of amides is 11. The highest BCUT2D eigenvalue weighted by Crippen LogP contribution is 2.28. The molecule has 11 atom stereocenters. The van der Waals surface area contributed by atoms with Crippen LogP contribution < -0.4 is 77.4 Å². The van der Waals surface area contributed by atoms with Gasteiger partial charge < -0.3 is 102 Å². The van der Waals surface area contributed by atoms with E-state index in [0.717, 1.165) is 21.6 Å². The minimum atomic E-state index is -1.83. The van der Waals surface area contributed by atoms with Crippen LogP contribution >= 0.6 is 11.8 Å². The summed E-state index contributed by atoms with van der Waals surface area (Å²) in [5.74, 6) is -11.3. The van der Waals surface area contributed by atoms with Gasteiger partial charge in [-0.1, -0.05) is 57.5 Å². The molecule has 95 heavy (non-hydrogen) atoms. The molecule has 0 aliphatic carbocycles. The minimum absolute atomic E-state index is 0.0225. The van der Waals surface area contributed by atoms with Gasteiger partial charge in [-0.2, -0.15) is 0 Å². The summed E-state index contributed by atoms with van der Waals surface area (Å²) in [7, 11) is 0. The predicted molar refractivity (Wildman–Crippen MR) is 350 cm³/mol. The van der Waals surface area contributed by atoms with Crippen molar-refractivity contribution in [1.82, 2.24) is 51.9 Å². The Balaban J connectivity index is 1.51. The number of carboxylic acids is 1. The second kappa shape index (κ2) is 39.7. The monoisotopic (exact) mass is 1360 g/mol. The van der Waals surface area contributed by atoms with Crippen molar-refractivity contribution in [2.75, 3.05) is 58.2 Å². The average Bonchev–Trinajstić information content (AvgIpc) is 2.26. The van der Waals surface area contributed by atoms with Crippen LogP contribution in [-0.4, -0.2) is 243 Å². The standard InChI is InChI=1S/C59H96N20O15S/c1-4-5-22-78-46(83)27-44(55(78)92)95-31-41(51(88)74-38(24-32(2)3)48(85)73-37(56(93)94)17-11-21-69-59(65)66)76-50(87)40(30-80)75-49(86)39(25-33-13-7-6-8-14-33)71-45(82)28-70-52(89)43-26-34(81)29-79(43)54(91)42-18-12-23-77(42)53(90)36(16-10-20-68-58(63)64)72-47(84)35(60)15-9-19-67-57(61)62/h6-8,13-14,32,34-44,80-81H,4-5,9-12,15-31,60H2,1-3H3,(H,70,89)(H,71,82)(H,72,84)(H,73,85)(H,74,88)(H,75,86)(H,76,87)(H,93,94)(H4,61,62,67)(H4,63,64,68)(H4,65,66,69)/t34-,35-,36+,37+,38+,39+,40+,41+,42+,43+,44?/m1/s1. The fourth-order valence-electron chi connectivity index (χ4n) is 10.7. The molecule has 0 spiro atoms. The number of nitrogens with zero attached hydrogens (tertiary/aromatic N) is 6. The number of β-amino-alcohol motifs (C(OH)–C–C–N with tert-alkyl or cyclic N) is 1. The summed E-state index contributed by atoms with van der Waals surface area (Å²) in [6.45, 7) is 3.83. The molecule has 1 aromatic rings. The Morgan fingerprint density at radius 1 is 0.674 bits per heavy atom. The summed E-state index contributed by atoms with van der Waals surface area (Å²) >= 11 is 0.869. The number of hydrogen-bond acceptors (Lipinski definition) is 19. The molecule has 11 amide bonds. The number of nitrogens with two attached hydrogens (primary N) is 7. The van der Waals surface area contributed by atoms with Crippen LogP contribution in [0.25, 0.3) is 0 Å². The molecule has 1 aromatic carbocycles. The molecule has 35 nitrogen and oxygen atoms in total. The lowest BCUT2D eigenvalue weighted by molar-refractivity contribution is -0.148. The Labute approximate surface area is 554 Å². The maximum absolute atomic E-state index is 14.4. The lowest BCUT2D eigenvalue weighted by atomic mass is 10.0. The highest BCUT2D eigenvalue weighted by Gasteiger charge is 2.46. The molecule has 36 heteroatoms. The molecular weight excluding hydrogens is 1260 g/mol. The third-order valence-electron chi connectivity index (χ3n) is 15.7. The lowest BCUT2D eigenvalue weighted by Crippen LogP contribution is -2.60. The molecule has 528 valence electrons. The summed E-state index contributed by atoms with van der Waals surface area (Å²) in [6, 6.07) is -4.20. The van der Waals surface area contributed by atoms with Crippen molar-refractivity contribution < 1.29 is 72.9 Å². The molecule has 3 aliphatic heterocycles.